The van der Waals surface area contributed by atoms with E-state index in [2.05, 4.69) is 0 Å². The molecule has 0 aromatic rings. The van der Waals surface area contributed by atoms with E-state index in [1.54, 1.807) is 0 Å². The Hall–Kier alpha value is -1.10. The second-order valence-corrected chi connectivity index (χ2v) is 5.31. The van der Waals surface area contributed by atoms with Gasteiger partial charge in [-0.15, -0.1) is 0 Å². The fourth-order valence-corrected chi connectivity index (χ4v) is 3.42. The van der Waals surface area contributed by atoms with Crippen LogP contribution in [0.2, 0.25) is 0 Å². The Labute approximate surface area is 99.1 Å². The molecule has 1 N–H and O–H groups in total. The van der Waals surface area contributed by atoms with Crippen molar-refractivity contribution in [1.82, 2.24) is 0 Å². The molecular weight excluding hydrogens is 224 g/mol. The minimum absolute atomic E-state index is 0.0424. The van der Waals surface area contributed by atoms with Gasteiger partial charge in [0.15, 0.2) is 0 Å². The Balaban J connectivity index is 1.66. The summed E-state index contributed by atoms with van der Waals surface area (Å²) >= 11 is 0. The molecule has 5 heteroatoms. The Morgan fingerprint density at radius 2 is 1.88 bits per heavy atom. The Morgan fingerprint density at radius 3 is 2.47 bits per heavy atom. The fraction of sp³-hybridized carbons (Fsp3) is 0.833. The minimum atomic E-state index is -0.846. The third kappa shape index (κ3) is 1.92. The van der Waals surface area contributed by atoms with Crippen LogP contribution in [-0.2, 0) is 19.1 Å². The van der Waals surface area contributed by atoms with Crippen molar-refractivity contribution in [3.63, 3.8) is 0 Å². The predicted molar refractivity (Wildman–Crippen MR) is 56.1 cm³/mol. The molecule has 5 atom stereocenters. The number of carboxylic acids is 1. The number of hydrogen-bond acceptors (Lipinski definition) is 4. The molecule has 5 unspecified atom stereocenters. The van der Waals surface area contributed by atoms with Gasteiger partial charge >= 0.3 is 11.9 Å². The number of epoxide rings is 1. The van der Waals surface area contributed by atoms with Crippen LogP contribution in [0.4, 0.5) is 0 Å². The molecule has 17 heavy (non-hydrogen) atoms. The Kier molecular flexibility index (Phi) is 2.58. The molecule has 0 amide bonds. The van der Waals surface area contributed by atoms with E-state index in [9.17, 15) is 14.7 Å². The van der Waals surface area contributed by atoms with Crippen LogP contribution in [0.1, 0.15) is 19.3 Å². The maximum atomic E-state index is 11.9. The number of carbonyl (C=O) groups is 2. The van der Waals surface area contributed by atoms with Gasteiger partial charge in [-0.1, -0.05) is 0 Å². The van der Waals surface area contributed by atoms with E-state index in [4.69, 9.17) is 9.47 Å². The Bertz CT molecular complexity index is 349. The van der Waals surface area contributed by atoms with E-state index in [1.165, 1.54) is 0 Å². The number of rotatable bonds is 4. The summed E-state index contributed by atoms with van der Waals surface area (Å²) in [4.78, 5) is 23.2. The van der Waals surface area contributed by atoms with Gasteiger partial charge in [0.1, 0.15) is 12.7 Å². The van der Waals surface area contributed by atoms with Crippen molar-refractivity contribution < 1.29 is 24.2 Å². The summed E-state index contributed by atoms with van der Waals surface area (Å²) in [5.41, 5.74) is 0. The molecule has 2 aliphatic carbocycles. The zero-order chi connectivity index (χ0) is 12.0. The van der Waals surface area contributed by atoms with Crippen LogP contribution < -0.4 is 0 Å². The van der Waals surface area contributed by atoms with Gasteiger partial charge in [0, 0.05) is 0 Å². The molecule has 3 rings (SSSR count). The van der Waals surface area contributed by atoms with Crippen molar-refractivity contribution in [3.8, 4) is 0 Å². The predicted octanol–water partition coefficient (Wildman–Crippen LogP) is 0.675. The van der Waals surface area contributed by atoms with Gasteiger partial charge in [0.05, 0.1) is 18.4 Å². The summed E-state index contributed by atoms with van der Waals surface area (Å²) in [6.45, 7) is 0.922. The first-order valence-corrected chi connectivity index (χ1v) is 6.18. The molecule has 2 saturated carbocycles. The van der Waals surface area contributed by atoms with Crippen molar-refractivity contribution in [1.29, 1.82) is 0 Å². The van der Waals surface area contributed by atoms with Crippen LogP contribution in [-0.4, -0.2) is 36.4 Å². The average Bonchev–Trinajstić information content (AvgIpc) is 2.90. The lowest BCUT2D eigenvalue weighted by atomic mass is 9.79. The zero-order valence-corrected chi connectivity index (χ0v) is 9.50. The first-order chi connectivity index (χ1) is 8.16. The van der Waals surface area contributed by atoms with E-state index in [-0.39, 0.29) is 30.5 Å². The van der Waals surface area contributed by atoms with E-state index in [0.29, 0.717) is 6.61 Å². The highest BCUT2D eigenvalue weighted by Crippen LogP contribution is 2.52. The molecule has 0 radical (unpaired) electrons. The van der Waals surface area contributed by atoms with Crippen LogP contribution in [0, 0.1) is 23.7 Å². The first kappa shape index (κ1) is 11.0. The highest BCUT2D eigenvalue weighted by molar-refractivity contribution is 5.82. The normalized spacial score (nSPS) is 42.5. The van der Waals surface area contributed by atoms with E-state index in [0.717, 1.165) is 19.3 Å². The summed E-state index contributed by atoms with van der Waals surface area (Å²) in [7, 11) is 0. The van der Waals surface area contributed by atoms with E-state index < -0.39 is 17.8 Å². The molecule has 1 saturated heterocycles. The van der Waals surface area contributed by atoms with Gasteiger partial charge in [0.2, 0.25) is 0 Å². The molecule has 0 aromatic carbocycles. The number of aliphatic carboxylic acids is 1. The van der Waals surface area contributed by atoms with Crippen molar-refractivity contribution in [3.05, 3.63) is 0 Å². The molecule has 0 spiro atoms. The highest BCUT2D eigenvalue weighted by atomic mass is 16.6. The smallest absolute Gasteiger partial charge is 0.310 e. The van der Waals surface area contributed by atoms with Gasteiger partial charge in [-0.05, 0) is 31.1 Å². The lowest BCUT2D eigenvalue weighted by Crippen LogP contribution is -2.36. The van der Waals surface area contributed by atoms with Crippen molar-refractivity contribution in [2.24, 2.45) is 23.7 Å². The largest absolute Gasteiger partial charge is 0.481 e. The summed E-state index contributed by atoms with van der Waals surface area (Å²) in [6, 6.07) is 0. The molecule has 3 aliphatic rings. The maximum Gasteiger partial charge on any atom is 0.310 e. The van der Waals surface area contributed by atoms with E-state index in [1.807, 2.05) is 0 Å². The van der Waals surface area contributed by atoms with Gasteiger partial charge in [-0.3, -0.25) is 9.59 Å². The molecule has 3 fully saturated rings. The molecule has 2 bridgehead atoms. The molecule has 1 heterocycles. The van der Waals surface area contributed by atoms with Crippen LogP contribution in [0.5, 0.6) is 0 Å². The number of carboxylic acid groups (broad SMARTS) is 1. The maximum absolute atomic E-state index is 11.9. The number of carbonyl (C=O) groups excluding carboxylic acids is 1. The van der Waals surface area contributed by atoms with Crippen LogP contribution in [0.25, 0.3) is 0 Å². The zero-order valence-electron chi connectivity index (χ0n) is 9.50. The number of hydrogen-bond donors (Lipinski definition) is 1. The molecule has 94 valence electrons. The minimum Gasteiger partial charge on any atom is -0.481 e. The third-order valence-electron chi connectivity index (χ3n) is 4.29. The van der Waals surface area contributed by atoms with Crippen LogP contribution in [0.3, 0.4) is 0 Å². The monoisotopic (exact) mass is 240 g/mol. The SMILES string of the molecule is O=C(O)C1C2CCC(C2)C1C(=O)OCC1CO1. The number of esters is 1. The number of ether oxygens (including phenoxy) is 2. The van der Waals surface area contributed by atoms with Crippen molar-refractivity contribution >= 4 is 11.9 Å². The Morgan fingerprint density at radius 1 is 1.24 bits per heavy atom. The first-order valence-electron chi connectivity index (χ1n) is 6.18. The van der Waals surface area contributed by atoms with Crippen molar-refractivity contribution in [2.75, 3.05) is 13.2 Å². The number of fused-ring (bicyclic) bond motifs is 2. The van der Waals surface area contributed by atoms with E-state index >= 15 is 0 Å². The van der Waals surface area contributed by atoms with Gasteiger partial charge in [0.25, 0.3) is 0 Å². The lowest BCUT2D eigenvalue weighted by molar-refractivity contribution is -0.160. The third-order valence-corrected chi connectivity index (χ3v) is 4.29. The van der Waals surface area contributed by atoms with Crippen LogP contribution >= 0.6 is 0 Å². The molecule has 1 aliphatic heterocycles. The second-order valence-electron chi connectivity index (χ2n) is 5.31. The summed E-state index contributed by atoms with van der Waals surface area (Å²) in [5.74, 6) is -1.74. The highest BCUT2D eigenvalue weighted by Gasteiger charge is 2.54. The molecule has 0 aromatic heterocycles. The summed E-state index contributed by atoms with van der Waals surface area (Å²) in [6.07, 6.45) is 2.82. The average molecular weight is 240 g/mol. The van der Waals surface area contributed by atoms with Gasteiger partial charge in [-0.2, -0.15) is 0 Å². The topological polar surface area (TPSA) is 76.1 Å². The van der Waals surface area contributed by atoms with Crippen LogP contribution in [0.15, 0.2) is 0 Å². The fourth-order valence-electron chi connectivity index (χ4n) is 3.42. The standard InChI is InChI=1S/C12H16O5/c13-11(14)9-6-1-2-7(3-6)10(9)12(15)17-5-8-4-16-8/h6-10H,1-5H2,(H,13,14). The molecule has 5 nitrogen and oxygen atoms in total. The van der Waals surface area contributed by atoms with Gasteiger partial charge in [-0.25, -0.2) is 0 Å². The molecular formula is C12H16O5. The second kappa shape index (κ2) is 3.98. The summed E-state index contributed by atoms with van der Waals surface area (Å²) < 4.78 is 10.1. The quantitative estimate of drug-likeness (QED) is 0.577. The van der Waals surface area contributed by atoms with Crippen molar-refractivity contribution in [2.45, 2.75) is 25.4 Å². The van der Waals surface area contributed by atoms with Gasteiger partial charge < -0.3 is 14.6 Å². The summed E-state index contributed by atoms with van der Waals surface area (Å²) in [5, 5.41) is 9.21. The lowest BCUT2D eigenvalue weighted by Gasteiger charge is -2.26.